The summed E-state index contributed by atoms with van der Waals surface area (Å²) < 4.78 is 27.1. The van der Waals surface area contributed by atoms with E-state index in [0.29, 0.717) is 12.5 Å². The van der Waals surface area contributed by atoms with Crippen molar-refractivity contribution in [2.24, 2.45) is 10.9 Å². The Bertz CT molecular complexity index is 786. The molecule has 0 atom stereocenters. The second-order valence-corrected chi connectivity index (χ2v) is 9.42. The molecule has 0 radical (unpaired) electrons. The first kappa shape index (κ1) is 20.9. The summed E-state index contributed by atoms with van der Waals surface area (Å²) in [7, 11) is -3.25. The van der Waals surface area contributed by atoms with Gasteiger partial charge in [-0.2, -0.15) is 0 Å². The molecule has 2 aliphatic rings. The Hall–Kier alpha value is -1.86. The van der Waals surface area contributed by atoms with Gasteiger partial charge in [0.25, 0.3) is 0 Å². The molecule has 6 nitrogen and oxygen atoms in total. The van der Waals surface area contributed by atoms with Gasteiger partial charge in [0, 0.05) is 26.2 Å². The maximum absolute atomic E-state index is 12.2. The zero-order chi connectivity index (χ0) is 19.8. The van der Waals surface area contributed by atoms with Crippen LogP contribution in [0.25, 0.3) is 5.57 Å². The van der Waals surface area contributed by atoms with Crippen LogP contribution < -0.4 is 10.0 Å². The highest BCUT2D eigenvalue weighted by atomic mass is 32.2. The molecule has 1 aliphatic carbocycles. The summed E-state index contributed by atoms with van der Waals surface area (Å²) in [6.45, 7) is 5.29. The summed E-state index contributed by atoms with van der Waals surface area (Å²) >= 11 is 0. The Morgan fingerprint density at radius 1 is 1.25 bits per heavy atom. The number of sulfonamides is 1. The molecule has 1 saturated carbocycles. The summed E-state index contributed by atoms with van der Waals surface area (Å²) in [5.74, 6) is 1.35. The van der Waals surface area contributed by atoms with Crippen LogP contribution in [0.3, 0.4) is 0 Å². The minimum Gasteiger partial charge on any atom is -0.357 e. The fraction of sp³-hybridized carbons (Fsp3) is 0.571. The standard InChI is InChI=1S/C21H32N4O2S/c1-2-22-21(23-13-16-28(26,27)24-17-18-7-6-8-18)25-14-11-20(12-15-25)19-9-4-3-5-10-19/h3-5,9-11,18,24H,2,6-8,12-17H2,1H3,(H,22,23). The zero-order valence-electron chi connectivity index (χ0n) is 16.7. The Morgan fingerprint density at radius 3 is 2.64 bits per heavy atom. The lowest BCUT2D eigenvalue weighted by Gasteiger charge is -2.30. The molecule has 0 bridgehead atoms. The number of benzene rings is 1. The number of hydrogen-bond donors (Lipinski definition) is 2. The van der Waals surface area contributed by atoms with Crippen molar-refractivity contribution in [3.63, 3.8) is 0 Å². The highest BCUT2D eigenvalue weighted by Crippen LogP contribution is 2.25. The van der Waals surface area contributed by atoms with Crippen LogP contribution in [0.15, 0.2) is 41.4 Å². The van der Waals surface area contributed by atoms with Gasteiger partial charge in [-0.1, -0.05) is 42.8 Å². The molecular formula is C21H32N4O2S. The predicted octanol–water partition coefficient (Wildman–Crippen LogP) is 2.46. The highest BCUT2D eigenvalue weighted by molar-refractivity contribution is 7.89. The average Bonchev–Trinajstić information content (AvgIpc) is 2.67. The minimum atomic E-state index is -3.25. The second kappa shape index (κ2) is 10.1. The number of hydrogen-bond acceptors (Lipinski definition) is 3. The van der Waals surface area contributed by atoms with E-state index in [-0.39, 0.29) is 12.3 Å². The topological polar surface area (TPSA) is 73.8 Å². The first-order chi connectivity index (χ1) is 13.6. The van der Waals surface area contributed by atoms with Gasteiger partial charge in [-0.15, -0.1) is 0 Å². The molecule has 154 valence electrons. The van der Waals surface area contributed by atoms with Gasteiger partial charge < -0.3 is 10.2 Å². The van der Waals surface area contributed by atoms with Crippen LogP contribution in [0.4, 0.5) is 0 Å². The van der Waals surface area contributed by atoms with Gasteiger partial charge in [-0.25, -0.2) is 13.1 Å². The summed E-state index contributed by atoms with van der Waals surface area (Å²) in [5, 5.41) is 3.29. The fourth-order valence-corrected chi connectivity index (χ4v) is 4.45. The Kier molecular flexibility index (Phi) is 7.50. The van der Waals surface area contributed by atoms with Crippen molar-refractivity contribution in [3.8, 4) is 0 Å². The molecule has 28 heavy (non-hydrogen) atoms. The van der Waals surface area contributed by atoms with Gasteiger partial charge in [-0.3, -0.25) is 4.99 Å². The average molecular weight is 405 g/mol. The summed E-state index contributed by atoms with van der Waals surface area (Å²) in [4.78, 5) is 6.75. The Balaban J connectivity index is 1.53. The van der Waals surface area contributed by atoms with Crippen molar-refractivity contribution in [1.82, 2.24) is 14.9 Å². The molecule has 1 heterocycles. The van der Waals surface area contributed by atoms with Crippen LogP contribution in [0, 0.1) is 5.92 Å². The number of aliphatic imine (C=N–C) groups is 1. The first-order valence-corrected chi connectivity index (χ1v) is 12.0. The number of nitrogens with zero attached hydrogens (tertiary/aromatic N) is 2. The lowest BCUT2D eigenvalue weighted by Crippen LogP contribution is -2.44. The van der Waals surface area contributed by atoms with Gasteiger partial charge in [-0.05, 0) is 43.2 Å². The van der Waals surface area contributed by atoms with Crippen LogP contribution >= 0.6 is 0 Å². The third-order valence-corrected chi connectivity index (χ3v) is 6.75. The molecule has 1 fully saturated rings. The van der Waals surface area contributed by atoms with Gasteiger partial charge in [0.1, 0.15) is 0 Å². The van der Waals surface area contributed by atoms with E-state index >= 15 is 0 Å². The molecule has 0 spiro atoms. The molecule has 3 rings (SSSR count). The van der Waals surface area contributed by atoms with E-state index in [9.17, 15) is 8.42 Å². The van der Waals surface area contributed by atoms with Crippen molar-refractivity contribution in [2.75, 3.05) is 38.5 Å². The summed E-state index contributed by atoms with van der Waals surface area (Å²) in [6.07, 6.45) is 6.69. The lowest BCUT2D eigenvalue weighted by molar-refractivity contribution is 0.316. The molecule has 1 aromatic carbocycles. The maximum atomic E-state index is 12.2. The highest BCUT2D eigenvalue weighted by Gasteiger charge is 2.20. The third kappa shape index (κ3) is 6.07. The van der Waals surface area contributed by atoms with Crippen LogP contribution in [-0.2, 0) is 10.0 Å². The van der Waals surface area contributed by atoms with Crippen molar-refractivity contribution >= 4 is 21.6 Å². The van der Waals surface area contributed by atoms with Crippen LogP contribution in [0.1, 0.15) is 38.2 Å². The Labute approximate surface area is 169 Å². The van der Waals surface area contributed by atoms with Crippen molar-refractivity contribution in [2.45, 2.75) is 32.6 Å². The largest absolute Gasteiger partial charge is 0.357 e. The molecule has 1 aliphatic heterocycles. The van der Waals surface area contributed by atoms with E-state index in [0.717, 1.165) is 44.9 Å². The van der Waals surface area contributed by atoms with E-state index in [4.69, 9.17) is 0 Å². The van der Waals surface area contributed by atoms with E-state index in [1.54, 1.807) is 0 Å². The monoisotopic (exact) mass is 404 g/mol. The molecule has 0 aromatic heterocycles. The molecule has 7 heteroatoms. The molecular weight excluding hydrogens is 372 g/mol. The van der Waals surface area contributed by atoms with E-state index in [1.165, 1.54) is 17.6 Å². The van der Waals surface area contributed by atoms with E-state index in [2.05, 4.69) is 50.3 Å². The summed E-state index contributed by atoms with van der Waals surface area (Å²) in [6, 6.07) is 10.4. The van der Waals surface area contributed by atoms with Gasteiger partial charge >= 0.3 is 0 Å². The molecule has 2 N–H and O–H groups in total. The number of nitrogens with one attached hydrogen (secondary N) is 2. The SMILES string of the molecule is CCNC(=NCCS(=O)(=O)NCC1CCC1)N1CC=C(c2ccccc2)CC1. The predicted molar refractivity (Wildman–Crippen MR) is 116 cm³/mol. The van der Waals surface area contributed by atoms with Crippen LogP contribution in [0.5, 0.6) is 0 Å². The number of rotatable bonds is 8. The van der Waals surface area contributed by atoms with Gasteiger partial charge in [0.15, 0.2) is 5.96 Å². The Morgan fingerprint density at radius 2 is 2.04 bits per heavy atom. The van der Waals surface area contributed by atoms with Gasteiger partial charge in [0.2, 0.25) is 10.0 Å². The molecule has 0 saturated heterocycles. The van der Waals surface area contributed by atoms with Crippen molar-refractivity contribution in [3.05, 3.63) is 42.0 Å². The number of guanidine groups is 1. The normalized spacial score (nSPS) is 18.5. The quantitative estimate of drug-likeness (QED) is 0.516. The van der Waals surface area contributed by atoms with Crippen molar-refractivity contribution < 1.29 is 8.42 Å². The smallest absolute Gasteiger partial charge is 0.213 e. The zero-order valence-corrected chi connectivity index (χ0v) is 17.5. The lowest BCUT2D eigenvalue weighted by atomic mass is 9.86. The van der Waals surface area contributed by atoms with Crippen LogP contribution in [-0.4, -0.2) is 57.8 Å². The third-order valence-electron chi connectivity index (χ3n) is 5.43. The van der Waals surface area contributed by atoms with Crippen molar-refractivity contribution in [1.29, 1.82) is 0 Å². The van der Waals surface area contributed by atoms with E-state index < -0.39 is 10.0 Å². The molecule has 1 aromatic rings. The maximum Gasteiger partial charge on any atom is 0.213 e. The van der Waals surface area contributed by atoms with Crippen LogP contribution in [0.2, 0.25) is 0 Å². The molecule has 0 amide bonds. The fourth-order valence-electron chi connectivity index (χ4n) is 3.49. The van der Waals surface area contributed by atoms with E-state index in [1.807, 2.05) is 13.0 Å². The molecule has 0 unspecified atom stereocenters. The van der Waals surface area contributed by atoms with Gasteiger partial charge in [0.05, 0.1) is 12.3 Å². The minimum absolute atomic E-state index is 0.0353. The summed E-state index contributed by atoms with van der Waals surface area (Å²) in [5.41, 5.74) is 2.63. The first-order valence-electron chi connectivity index (χ1n) is 10.3. The second-order valence-electron chi connectivity index (χ2n) is 7.49.